The Morgan fingerprint density at radius 3 is 2.19 bits per heavy atom. The van der Waals surface area contributed by atoms with Gasteiger partial charge in [-0.1, -0.05) is 159 Å². The third kappa shape index (κ3) is 27.7. The number of ether oxygens (including phenoxy) is 5. The summed E-state index contributed by atoms with van der Waals surface area (Å²) in [6.45, 7) is 11.6. The summed E-state index contributed by atoms with van der Waals surface area (Å²) in [6, 6.07) is 12.3. The number of hydrogen-bond donors (Lipinski definition) is 15. The van der Waals surface area contributed by atoms with Gasteiger partial charge in [-0.2, -0.15) is 0 Å². The van der Waals surface area contributed by atoms with E-state index in [2.05, 4.69) is 47.5 Å². The Morgan fingerprint density at radius 2 is 1.50 bits per heavy atom. The van der Waals surface area contributed by atoms with E-state index in [0.29, 0.717) is 89.9 Å². The van der Waals surface area contributed by atoms with E-state index in [4.69, 9.17) is 52.5 Å². The minimum Gasteiger partial charge on any atom is -0.508 e. The van der Waals surface area contributed by atoms with Crippen LogP contribution >= 0.6 is 54.8 Å². The Morgan fingerprint density at radius 1 is 0.835 bits per heavy atom. The number of nitrogens with two attached hydrogens (primary N) is 3. The zero-order chi connectivity index (χ0) is 92.8. The van der Waals surface area contributed by atoms with Crippen molar-refractivity contribution in [3.05, 3.63) is 148 Å². The lowest BCUT2D eigenvalue weighted by Crippen LogP contribution is -2.63. The molecule has 0 radical (unpaired) electrons. The fraction of sp³-hybridized carbons (Fsp3) is 0.523. The number of aromatic amines is 1. The number of benzene rings is 4. The van der Waals surface area contributed by atoms with Crippen LogP contribution in [0, 0.1) is 5.92 Å². The zero-order valence-electron chi connectivity index (χ0n) is 73.1. The number of primary amides is 1. The minimum absolute atomic E-state index is 0.0269. The normalized spacial score (nSPS) is 26.0. The summed E-state index contributed by atoms with van der Waals surface area (Å²) < 4.78 is 28.5. The SMILES string of the molecule is COc1cc2cc(c1Cl)N(C)C(=O)C[C@H](OC(=O)[C@H](C)N(C)C(=O)CCCCSSC(C)(C)[C@H](NC(=O)[C@@H]1CSSC[C@H](NC(=O)[C@H](N)Cc3ccccc3)C(=O)N[C@@H](Cc3ccc(O)cc3)C(=O)N[C@H](Cc3c[nH]c4ccccc34)C(=O)N[C@@H](CCCCCN)C(=O)N[C@@H]([C@@H](C)O)C(=O)N1)C(N)=O)[C@]1(C)O[C@H]1[C@H](C)[C@@H]1C[C@@](O)(NC(=O)O1)[C@H](OC)/C=C/C=C(\C)C2. The van der Waals surface area contributed by atoms with E-state index in [0.717, 1.165) is 32.7 Å². The summed E-state index contributed by atoms with van der Waals surface area (Å²) in [6.07, 6.45) is 1.65. The number of halogens is 1. The lowest BCUT2D eigenvalue weighted by atomic mass is 9.83. The van der Waals surface area contributed by atoms with Gasteiger partial charge in [0.05, 0.1) is 37.5 Å². The molecule has 4 aliphatic rings. The molecular formula is C88H119ClN14O20S4. The first kappa shape index (κ1) is 101. The zero-order valence-corrected chi connectivity index (χ0v) is 77.1. The van der Waals surface area contributed by atoms with Crippen LogP contribution in [0.2, 0.25) is 5.02 Å². The number of phenols is 1. The summed E-state index contributed by atoms with van der Waals surface area (Å²) in [7, 11) is 10.2. The van der Waals surface area contributed by atoms with E-state index in [1.54, 1.807) is 94.6 Å². The van der Waals surface area contributed by atoms with Crippen molar-refractivity contribution in [3.8, 4) is 11.5 Å². The molecule has 692 valence electrons. The second kappa shape index (κ2) is 46.6. The molecule has 0 aliphatic carbocycles. The van der Waals surface area contributed by atoms with Crippen molar-refractivity contribution in [3.63, 3.8) is 0 Å². The topological polar surface area (TPSA) is 512 Å². The molecule has 127 heavy (non-hydrogen) atoms. The standard InChI is InChI=1S/C88H119ClN14O20S4/c1-48-23-22-29-68(120-11)88(118)44-67(121-85(117)101-88)49(2)75-87(7,123-75)69(43-71(107)103(9)65-40-54(37-48)41-66(119-10)72(65)89)122-84(116)50(3)102(8)70(106)30-19-21-36-124-127-86(5,6)74(76(92)108)100-82(114)64-47-126-125-46-63(97-77(109)58(91)38-52-24-14-12-15-25-52)81(113)95-61(39-53-31-33-56(105)34-32-53)79(111)96-62(42-55-45-93-59-27-18-17-26-57(55)59)80(112)94-60(28-16-13-20-35-90)78(110)99-73(51(4)104)83(115)98-64/h12,14-15,17-18,22-27,29,31-34,40-41,45,49-51,58,60-64,67-69,73-75,93,104-105,118H,13,16,19-21,28,30,35-39,42-44,46-47,90-91H2,1-11H3,(H2,92,108)(H,94,112)(H,95,113)(H,96,111)(H,97,109)(H,98,115)(H,99,110)(H,100,114)(H,101,117)/b29-22+,48-23+/t49-,50+,51-,58-,60+,61+,62-,63+,64+,67+,68-,69+,73+,74-,75+,87+,88+/m1/s1. The number of aromatic nitrogens is 1. The number of hydrogen-bond acceptors (Lipinski definition) is 26. The van der Waals surface area contributed by atoms with Gasteiger partial charge in [0.25, 0.3) is 0 Å². The number of methoxy groups -OCH3 is 2. The number of amides is 11. The minimum atomic E-state index is -1.94. The average Bonchev–Trinajstić information content (AvgIpc) is 1.57. The number of phenolic OH excluding ortho intramolecular Hbond substituents is 1. The number of aromatic hydroxyl groups is 1. The number of nitrogens with zero attached hydrogens (tertiary/aromatic N) is 2. The predicted molar refractivity (Wildman–Crippen MR) is 488 cm³/mol. The molecule has 4 aromatic carbocycles. The lowest BCUT2D eigenvalue weighted by molar-refractivity contribution is -0.162. The molecule has 4 aliphatic heterocycles. The molecule has 3 saturated heterocycles. The Kier molecular flexibility index (Phi) is 37.1. The van der Waals surface area contributed by atoms with Gasteiger partial charge < -0.3 is 108 Å². The summed E-state index contributed by atoms with van der Waals surface area (Å²) in [5.74, 6) is -9.79. The Labute approximate surface area is 759 Å². The molecule has 4 bridgehead atoms. The van der Waals surface area contributed by atoms with Crippen molar-refractivity contribution in [1.82, 2.24) is 52.4 Å². The molecule has 0 unspecified atom stereocenters. The average molecular weight is 1860 g/mol. The maximum absolute atomic E-state index is 15.1. The van der Waals surface area contributed by atoms with Gasteiger partial charge in [-0.15, -0.1) is 0 Å². The second-order valence-electron chi connectivity index (χ2n) is 33.2. The van der Waals surface area contributed by atoms with Gasteiger partial charge in [0.1, 0.15) is 88.8 Å². The van der Waals surface area contributed by atoms with Crippen molar-refractivity contribution >= 4 is 143 Å². The van der Waals surface area contributed by atoms with Crippen LogP contribution in [0.1, 0.15) is 129 Å². The van der Waals surface area contributed by atoms with Crippen LogP contribution in [0.3, 0.4) is 0 Å². The number of alkyl carbamates (subject to hydrolysis) is 1. The summed E-state index contributed by atoms with van der Waals surface area (Å²) in [5.41, 5.74) is 19.5. The van der Waals surface area contributed by atoms with E-state index < -0.39 is 184 Å². The third-order valence-corrected chi connectivity index (χ3v) is 29.2. The molecule has 5 heterocycles. The summed E-state index contributed by atoms with van der Waals surface area (Å²) >= 11 is 6.90. The molecule has 5 aromatic rings. The molecule has 3 fully saturated rings. The molecule has 17 atom stereocenters. The molecule has 0 spiro atoms. The maximum Gasteiger partial charge on any atom is 0.409 e. The Bertz CT molecular complexity index is 4780. The van der Waals surface area contributed by atoms with Crippen molar-refractivity contribution in [1.29, 1.82) is 0 Å². The van der Waals surface area contributed by atoms with Crippen LogP contribution in [-0.4, -0.2) is 249 Å². The fourth-order valence-corrected chi connectivity index (χ4v) is 20.6. The van der Waals surface area contributed by atoms with Gasteiger partial charge in [-0.25, -0.2) is 9.59 Å². The number of unbranched alkanes of at least 4 members (excludes halogenated alkanes) is 3. The van der Waals surface area contributed by atoms with Crippen LogP contribution in [0.15, 0.2) is 121 Å². The first-order valence-electron chi connectivity index (χ1n) is 42.1. The van der Waals surface area contributed by atoms with Crippen LogP contribution < -0.4 is 69.4 Å². The third-order valence-electron chi connectivity index (χ3n) is 23.0. The largest absolute Gasteiger partial charge is 0.508 e. The number of likely N-dealkylation sites (N-methyl/N-ethyl adjacent to an activating group) is 1. The van der Waals surface area contributed by atoms with Gasteiger partial charge in [0.2, 0.25) is 59.1 Å². The number of esters is 1. The number of allylic oxidation sites excluding steroid dienone is 3. The van der Waals surface area contributed by atoms with E-state index in [-0.39, 0.29) is 60.8 Å². The van der Waals surface area contributed by atoms with Crippen molar-refractivity contribution in [2.75, 3.05) is 57.0 Å². The Balaban J connectivity index is 0.898. The van der Waals surface area contributed by atoms with Crippen molar-refractivity contribution in [2.24, 2.45) is 23.1 Å². The van der Waals surface area contributed by atoms with Crippen LogP contribution in [0.25, 0.3) is 10.9 Å². The Hall–Kier alpha value is -9.61. The van der Waals surface area contributed by atoms with E-state index in [1.807, 2.05) is 31.2 Å². The monoisotopic (exact) mass is 1850 g/mol. The first-order chi connectivity index (χ1) is 60.3. The van der Waals surface area contributed by atoms with Crippen LogP contribution in [0.5, 0.6) is 11.5 Å². The number of anilines is 1. The number of aliphatic hydroxyl groups is 2. The quantitative estimate of drug-likeness (QED) is 0.0121. The first-order valence-corrected chi connectivity index (χ1v) is 47.3. The molecule has 0 saturated carbocycles. The van der Waals surface area contributed by atoms with Gasteiger partial charge in [0, 0.05) is 91.9 Å². The fourth-order valence-electron chi connectivity index (χ4n) is 15.2. The number of carbonyl (C=O) groups excluding carboxylic acids is 12. The van der Waals surface area contributed by atoms with Crippen LogP contribution in [-0.2, 0) is 97.4 Å². The number of carbonyl (C=O) groups is 12. The number of para-hydroxylation sites is 1. The molecule has 9 rings (SSSR count). The molecule has 34 nitrogen and oxygen atoms in total. The molecular weight excluding hydrogens is 1740 g/mol. The second-order valence-corrected chi connectivity index (χ2v) is 39.2. The molecule has 11 amide bonds. The highest BCUT2D eigenvalue weighted by molar-refractivity contribution is 8.77. The number of H-pyrrole nitrogens is 1. The van der Waals surface area contributed by atoms with Gasteiger partial charge >= 0.3 is 12.1 Å². The molecule has 18 N–H and O–H groups in total. The van der Waals surface area contributed by atoms with Crippen molar-refractivity contribution in [2.45, 2.75) is 233 Å². The predicted octanol–water partition coefficient (Wildman–Crippen LogP) is 5.26. The van der Waals surface area contributed by atoms with Gasteiger partial charge in [0.15, 0.2) is 5.72 Å². The maximum atomic E-state index is 15.1. The van der Waals surface area contributed by atoms with E-state index in [9.17, 15) is 53.7 Å². The smallest absolute Gasteiger partial charge is 0.409 e. The van der Waals surface area contributed by atoms with Crippen LogP contribution in [0.4, 0.5) is 10.5 Å². The molecule has 39 heteroatoms. The van der Waals surface area contributed by atoms with Crippen molar-refractivity contribution < 1.29 is 96.5 Å². The van der Waals surface area contributed by atoms with Gasteiger partial charge in [-0.3, -0.25) is 53.3 Å². The van der Waals surface area contributed by atoms with E-state index >= 15 is 19.2 Å². The van der Waals surface area contributed by atoms with Gasteiger partial charge in [-0.05, 0) is 139 Å². The highest BCUT2D eigenvalue weighted by Crippen LogP contribution is 2.50. The number of nitrogens with one attached hydrogen (secondary N) is 9. The highest BCUT2D eigenvalue weighted by atomic mass is 35.5. The number of epoxide rings is 1. The highest BCUT2D eigenvalue weighted by Gasteiger charge is 2.65. The number of aliphatic hydroxyl groups excluding tert-OH is 1. The summed E-state index contributed by atoms with van der Waals surface area (Å²) in [4.78, 5) is 180. The molecule has 1 aromatic heterocycles. The van der Waals surface area contributed by atoms with E-state index in [1.165, 1.54) is 97.8 Å². The summed E-state index contributed by atoms with van der Waals surface area (Å²) in [5, 5.41) is 56.2. The number of rotatable bonds is 30. The lowest BCUT2D eigenvalue weighted by Gasteiger charge is -2.42. The number of fused-ring (bicyclic) bond motifs is 6.